The van der Waals surface area contributed by atoms with Gasteiger partial charge in [0.2, 0.25) is 0 Å². The maximum Gasteiger partial charge on any atom is 0.407 e. The van der Waals surface area contributed by atoms with Crippen LogP contribution in [0.2, 0.25) is 0 Å². The van der Waals surface area contributed by atoms with Crippen LogP contribution in [0.4, 0.5) is 4.79 Å². The van der Waals surface area contributed by atoms with E-state index in [-0.39, 0.29) is 12.1 Å². The summed E-state index contributed by atoms with van der Waals surface area (Å²) in [5.41, 5.74) is -0.460. The van der Waals surface area contributed by atoms with E-state index in [4.69, 9.17) is 9.47 Å². The molecule has 2 atom stereocenters. The minimum absolute atomic E-state index is 0.0652. The Balaban J connectivity index is 2.37. The molecule has 112 valence electrons. The van der Waals surface area contributed by atoms with Crippen molar-refractivity contribution in [3.63, 3.8) is 0 Å². The van der Waals surface area contributed by atoms with Gasteiger partial charge in [-0.2, -0.15) is 0 Å². The Hall–Kier alpha value is -0.810. The van der Waals surface area contributed by atoms with Crippen LogP contribution in [0.3, 0.4) is 0 Å². The smallest absolute Gasteiger partial charge is 0.407 e. The summed E-state index contributed by atoms with van der Waals surface area (Å²) < 4.78 is 10.6. The molecule has 0 bridgehead atoms. The summed E-state index contributed by atoms with van der Waals surface area (Å²) in [6.45, 7) is 12.1. The fourth-order valence-corrected chi connectivity index (χ4v) is 1.90. The molecule has 0 aromatic heterocycles. The number of alkyl carbamates (subject to hydrolysis) is 1. The SMILES string of the molecule is CC(C)C(CNC1CCOC1)NC(=O)OC(C)(C)C. The van der Waals surface area contributed by atoms with Crippen molar-refractivity contribution >= 4 is 6.09 Å². The lowest BCUT2D eigenvalue weighted by Crippen LogP contribution is -2.49. The van der Waals surface area contributed by atoms with Gasteiger partial charge < -0.3 is 20.1 Å². The zero-order chi connectivity index (χ0) is 14.5. The maximum atomic E-state index is 11.8. The van der Waals surface area contributed by atoms with Gasteiger partial charge in [-0.05, 0) is 33.1 Å². The van der Waals surface area contributed by atoms with Crippen LogP contribution in [0.1, 0.15) is 41.0 Å². The zero-order valence-corrected chi connectivity index (χ0v) is 12.8. The summed E-state index contributed by atoms with van der Waals surface area (Å²) in [6.07, 6.45) is 0.688. The first-order valence-electron chi connectivity index (χ1n) is 7.08. The lowest BCUT2D eigenvalue weighted by Gasteiger charge is -2.27. The summed E-state index contributed by atoms with van der Waals surface area (Å²) in [5, 5.41) is 6.37. The zero-order valence-electron chi connectivity index (χ0n) is 12.8. The molecular weight excluding hydrogens is 244 g/mol. The highest BCUT2D eigenvalue weighted by Gasteiger charge is 2.23. The summed E-state index contributed by atoms with van der Waals surface area (Å²) in [5.74, 6) is 0.349. The molecule has 0 aliphatic carbocycles. The van der Waals surface area contributed by atoms with Crippen molar-refractivity contribution in [2.24, 2.45) is 5.92 Å². The number of rotatable bonds is 5. The first-order valence-corrected chi connectivity index (χ1v) is 7.08. The number of hydrogen-bond acceptors (Lipinski definition) is 4. The quantitative estimate of drug-likeness (QED) is 0.802. The topological polar surface area (TPSA) is 59.6 Å². The van der Waals surface area contributed by atoms with Crippen LogP contribution in [-0.4, -0.2) is 43.5 Å². The normalized spacial score (nSPS) is 21.5. The molecule has 2 N–H and O–H groups in total. The highest BCUT2D eigenvalue weighted by atomic mass is 16.6. The van der Waals surface area contributed by atoms with E-state index in [0.717, 1.165) is 26.2 Å². The van der Waals surface area contributed by atoms with Crippen molar-refractivity contribution in [1.82, 2.24) is 10.6 Å². The van der Waals surface area contributed by atoms with Crippen molar-refractivity contribution in [2.45, 2.75) is 58.7 Å². The van der Waals surface area contributed by atoms with Crippen LogP contribution in [0, 0.1) is 5.92 Å². The molecule has 19 heavy (non-hydrogen) atoms. The van der Waals surface area contributed by atoms with E-state index in [9.17, 15) is 4.79 Å². The van der Waals surface area contributed by atoms with E-state index in [1.165, 1.54) is 0 Å². The molecule has 1 fully saturated rings. The van der Waals surface area contributed by atoms with Gasteiger partial charge in [0.1, 0.15) is 5.60 Å². The van der Waals surface area contributed by atoms with Crippen molar-refractivity contribution in [1.29, 1.82) is 0 Å². The highest BCUT2D eigenvalue weighted by molar-refractivity contribution is 5.68. The van der Waals surface area contributed by atoms with Crippen LogP contribution < -0.4 is 10.6 Å². The summed E-state index contributed by atoms with van der Waals surface area (Å²) in [4.78, 5) is 11.8. The molecule has 1 aliphatic heterocycles. The lowest BCUT2D eigenvalue weighted by atomic mass is 10.0. The number of carbonyl (C=O) groups is 1. The van der Waals surface area contributed by atoms with E-state index in [1.807, 2.05) is 20.8 Å². The van der Waals surface area contributed by atoms with Gasteiger partial charge in [-0.25, -0.2) is 4.79 Å². The Morgan fingerprint density at radius 3 is 2.58 bits per heavy atom. The van der Waals surface area contributed by atoms with Crippen molar-refractivity contribution < 1.29 is 14.3 Å². The predicted octanol–water partition coefficient (Wildman–Crippen LogP) is 1.91. The molecule has 0 spiro atoms. The highest BCUT2D eigenvalue weighted by Crippen LogP contribution is 2.09. The van der Waals surface area contributed by atoms with Crippen LogP contribution in [0.15, 0.2) is 0 Å². The molecule has 0 radical (unpaired) electrons. The second-order valence-corrected chi connectivity index (χ2v) is 6.47. The van der Waals surface area contributed by atoms with Crippen molar-refractivity contribution in [2.75, 3.05) is 19.8 Å². The fraction of sp³-hybridized carbons (Fsp3) is 0.929. The molecule has 0 saturated carbocycles. The van der Waals surface area contributed by atoms with Gasteiger partial charge in [0.25, 0.3) is 0 Å². The third-order valence-electron chi connectivity index (χ3n) is 3.06. The minimum atomic E-state index is -0.460. The number of carbonyl (C=O) groups excluding carboxylic acids is 1. The van der Waals surface area contributed by atoms with Crippen LogP contribution >= 0.6 is 0 Å². The van der Waals surface area contributed by atoms with Crippen molar-refractivity contribution in [3.8, 4) is 0 Å². The van der Waals surface area contributed by atoms with E-state index >= 15 is 0 Å². The summed E-state index contributed by atoms with van der Waals surface area (Å²) in [6, 6.07) is 0.470. The second kappa shape index (κ2) is 7.10. The van der Waals surface area contributed by atoms with E-state index in [2.05, 4.69) is 24.5 Å². The molecule has 5 heteroatoms. The third-order valence-corrected chi connectivity index (χ3v) is 3.06. The maximum absolute atomic E-state index is 11.8. The first-order chi connectivity index (χ1) is 8.78. The minimum Gasteiger partial charge on any atom is -0.444 e. The lowest BCUT2D eigenvalue weighted by molar-refractivity contribution is 0.0489. The molecule has 5 nitrogen and oxygen atoms in total. The van der Waals surface area contributed by atoms with Crippen LogP contribution in [0.25, 0.3) is 0 Å². The van der Waals surface area contributed by atoms with Gasteiger partial charge in [0.05, 0.1) is 6.61 Å². The molecule has 1 heterocycles. The molecule has 0 aromatic carbocycles. The Morgan fingerprint density at radius 1 is 1.42 bits per heavy atom. The average molecular weight is 272 g/mol. The van der Waals surface area contributed by atoms with Gasteiger partial charge in [-0.1, -0.05) is 13.8 Å². The number of amides is 1. The number of hydrogen-bond donors (Lipinski definition) is 2. The average Bonchev–Trinajstić information content (AvgIpc) is 2.73. The predicted molar refractivity (Wildman–Crippen MR) is 75.2 cm³/mol. The Labute approximate surface area is 116 Å². The number of nitrogens with one attached hydrogen (secondary N) is 2. The summed E-state index contributed by atoms with van der Waals surface area (Å²) >= 11 is 0. The molecule has 1 aliphatic rings. The number of ether oxygens (including phenoxy) is 2. The van der Waals surface area contributed by atoms with Gasteiger partial charge in [0.15, 0.2) is 0 Å². The van der Waals surface area contributed by atoms with Crippen molar-refractivity contribution in [3.05, 3.63) is 0 Å². The first kappa shape index (κ1) is 16.2. The standard InChI is InChI=1S/C14H28N2O3/c1-10(2)12(8-15-11-6-7-18-9-11)16-13(17)19-14(3,4)5/h10-12,15H,6-9H2,1-5H3,(H,16,17). The Kier molecular flexibility index (Phi) is 6.07. The van der Waals surface area contributed by atoms with E-state index < -0.39 is 5.60 Å². The Morgan fingerprint density at radius 2 is 2.11 bits per heavy atom. The van der Waals surface area contributed by atoms with Crippen LogP contribution in [0.5, 0.6) is 0 Å². The summed E-state index contributed by atoms with van der Waals surface area (Å²) in [7, 11) is 0. The van der Waals surface area contributed by atoms with Gasteiger partial charge >= 0.3 is 6.09 Å². The third kappa shape index (κ3) is 6.78. The Bertz CT molecular complexity index is 281. The van der Waals surface area contributed by atoms with Crippen LogP contribution in [-0.2, 0) is 9.47 Å². The molecular formula is C14H28N2O3. The van der Waals surface area contributed by atoms with Gasteiger partial charge in [-0.15, -0.1) is 0 Å². The fourth-order valence-electron chi connectivity index (χ4n) is 1.90. The molecule has 1 amide bonds. The van der Waals surface area contributed by atoms with Gasteiger partial charge in [-0.3, -0.25) is 0 Å². The molecule has 2 unspecified atom stereocenters. The second-order valence-electron chi connectivity index (χ2n) is 6.47. The molecule has 1 saturated heterocycles. The van der Waals surface area contributed by atoms with E-state index in [0.29, 0.717) is 12.0 Å². The molecule has 0 aromatic rings. The van der Waals surface area contributed by atoms with Gasteiger partial charge in [0, 0.05) is 25.2 Å². The largest absolute Gasteiger partial charge is 0.444 e. The molecule has 1 rings (SSSR count). The van der Waals surface area contributed by atoms with E-state index in [1.54, 1.807) is 0 Å². The monoisotopic (exact) mass is 272 g/mol.